The number of hydrogen-bond donors (Lipinski definition) is 3. The van der Waals surface area contributed by atoms with Crippen LogP contribution in [-0.4, -0.2) is 21.6 Å². The molecule has 0 saturated heterocycles. The van der Waals surface area contributed by atoms with Gasteiger partial charge in [0.1, 0.15) is 0 Å². The Kier molecular flexibility index (Phi) is 8.12. The summed E-state index contributed by atoms with van der Waals surface area (Å²) >= 11 is 0. The van der Waals surface area contributed by atoms with Crippen LogP contribution in [0.4, 0.5) is 11.4 Å². The number of carboxylic acids is 1. The zero-order chi connectivity index (χ0) is 31.3. The number of anilines is 2. The van der Waals surface area contributed by atoms with E-state index in [4.69, 9.17) is 0 Å². The molecule has 0 saturated carbocycles. The van der Waals surface area contributed by atoms with Gasteiger partial charge in [0, 0.05) is 29.5 Å². The third kappa shape index (κ3) is 6.31. The number of carbonyl (C=O) groups is 2. The van der Waals surface area contributed by atoms with Gasteiger partial charge >= 0.3 is 5.97 Å². The second kappa shape index (κ2) is 12.6. The van der Waals surface area contributed by atoms with E-state index in [-0.39, 0.29) is 17.5 Å². The Morgan fingerprint density at radius 3 is 2.29 bits per heavy atom. The molecule has 220 valence electrons. The first kappa shape index (κ1) is 29.0. The van der Waals surface area contributed by atoms with E-state index in [1.807, 2.05) is 61.7 Å². The number of nitrogens with zero attached hydrogens (tertiary/aromatic N) is 2. The number of fused-ring (bicyclic) bond motifs is 1. The molecule has 0 unspecified atom stereocenters. The van der Waals surface area contributed by atoms with Crippen LogP contribution in [0.25, 0.3) is 22.0 Å². The van der Waals surface area contributed by atoms with Crippen LogP contribution in [0.5, 0.6) is 0 Å². The average Bonchev–Trinajstić information content (AvgIpc) is 3.49. The van der Waals surface area contributed by atoms with E-state index in [0.717, 1.165) is 44.5 Å². The lowest BCUT2D eigenvalue weighted by Crippen LogP contribution is -2.27. The van der Waals surface area contributed by atoms with Crippen molar-refractivity contribution >= 4 is 34.2 Å². The van der Waals surface area contributed by atoms with Gasteiger partial charge in [-0.3, -0.25) is 4.79 Å². The first-order valence-corrected chi connectivity index (χ1v) is 14.6. The van der Waals surface area contributed by atoms with Crippen molar-refractivity contribution in [3.8, 4) is 17.2 Å². The number of nitrogens with one attached hydrogen (secondary N) is 2. The number of rotatable bonds is 9. The Bertz CT molecular complexity index is 2040. The maximum atomic E-state index is 13.8. The van der Waals surface area contributed by atoms with Crippen LogP contribution in [0.15, 0.2) is 128 Å². The lowest BCUT2D eigenvalue weighted by atomic mass is 10.0. The smallest absolute Gasteiger partial charge is 0.335 e. The molecule has 0 aliphatic heterocycles. The second-order valence-electron chi connectivity index (χ2n) is 10.9. The molecule has 0 radical (unpaired) electrons. The SMILES string of the molecule is C[C@H](NC(=O)c1ccc(Nc2cccc(C#N)c2)c2ccn(Cc3ccc(-c4ccccc4)cc3)c12)c1ccc(C(=O)O)cc1. The van der Waals surface area contributed by atoms with E-state index in [0.29, 0.717) is 17.7 Å². The lowest BCUT2D eigenvalue weighted by molar-refractivity contribution is 0.0696. The molecule has 1 amide bonds. The predicted octanol–water partition coefficient (Wildman–Crippen LogP) is 8.16. The predicted molar refractivity (Wildman–Crippen MR) is 177 cm³/mol. The summed E-state index contributed by atoms with van der Waals surface area (Å²) in [7, 11) is 0. The topological polar surface area (TPSA) is 107 Å². The summed E-state index contributed by atoms with van der Waals surface area (Å²) in [4.78, 5) is 25.1. The first-order valence-electron chi connectivity index (χ1n) is 14.6. The van der Waals surface area contributed by atoms with Crippen molar-refractivity contribution in [1.82, 2.24) is 9.88 Å². The van der Waals surface area contributed by atoms with E-state index in [2.05, 4.69) is 57.7 Å². The first-order chi connectivity index (χ1) is 21.9. The minimum Gasteiger partial charge on any atom is -0.478 e. The Morgan fingerprint density at radius 1 is 0.844 bits per heavy atom. The number of hydrogen-bond acceptors (Lipinski definition) is 4. The van der Waals surface area contributed by atoms with Gasteiger partial charge in [0.15, 0.2) is 0 Å². The van der Waals surface area contributed by atoms with Crippen molar-refractivity contribution in [2.24, 2.45) is 0 Å². The average molecular weight is 591 g/mol. The fraction of sp³-hybridized carbons (Fsp3) is 0.0789. The van der Waals surface area contributed by atoms with Crippen LogP contribution in [0.2, 0.25) is 0 Å². The molecule has 7 nitrogen and oxygen atoms in total. The van der Waals surface area contributed by atoms with E-state index in [9.17, 15) is 20.0 Å². The van der Waals surface area contributed by atoms with Gasteiger partial charge in [-0.15, -0.1) is 0 Å². The third-order valence-corrected chi connectivity index (χ3v) is 7.86. The summed E-state index contributed by atoms with van der Waals surface area (Å²) in [5.74, 6) is -1.24. The molecule has 1 heterocycles. The number of aromatic carboxylic acids is 1. The summed E-state index contributed by atoms with van der Waals surface area (Å²) in [5, 5.41) is 26.0. The highest BCUT2D eigenvalue weighted by atomic mass is 16.4. The van der Waals surface area contributed by atoms with Crippen LogP contribution in [-0.2, 0) is 6.54 Å². The Hall–Kier alpha value is -6.13. The molecular weight excluding hydrogens is 560 g/mol. The zero-order valence-corrected chi connectivity index (χ0v) is 24.6. The van der Waals surface area contributed by atoms with Crippen LogP contribution >= 0.6 is 0 Å². The Morgan fingerprint density at radius 2 is 1.58 bits per heavy atom. The van der Waals surface area contributed by atoms with Crippen molar-refractivity contribution in [3.05, 3.63) is 155 Å². The molecule has 7 heteroatoms. The van der Waals surface area contributed by atoms with Gasteiger partial charge < -0.3 is 20.3 Å². The highest BCUT2D eigenvalue weighted by Crippen LogP contribution is 2.32. The number of amides is 1. The van der Waals surface area contributed by atoms with Gasteiger partial charge in [-0.05, 0) is 77.7 Å². The highest BCUT2D eigenvalue weighted by molar-refractivity contribution is 6.10. The van der Waals surface area contributed by atoms with E-state index < -0.39 is 5.97 Å². The van der Waals surface area contributed by atoms with Gasteiger partial charge in [0.25, 0.3) is 5.91 Å². The largest absolute Gasteiger partial charge is 0.478 e. The molecule has 0 aliphatic rings. The summed E-state index contributed by atoms with van der Waals surface area (Å²) in [6, 6.07) is 39.9. The van der Waals surface area contributed by atoms with Crippen LogP contribution in [0.1, 0.15) is 50.4 Å². The molecule has 5 aromatic carbocycles. The van der Waals surface area contributed by atoms with Gasteiger partial charge in [-0.2, -0.15) is 5.26 Å². The molecule has 45 heavy (non-hydrogen) atoms. The number of aromatic nitrogens is 1. The highest BCUT2D eigenvalue weighted by Gasteiger charge is 2.19. The maximum Gasteiger partial charge on any atom is 0.335 e. The minimum atomic E-state index is -0.996. The van der Waals surface area contributed by atoms with E-state index >= 15 is 0 Å². The summed E-state index contributed by atoms with van der Waals surface area (Å²) < 4.78 is 2.07. The second-order valence-corrected chi connectivity index (χ2v) is 10.9. The third-order valence-electron chi connectivity index (χ3n) is 7.86. The number of benzene rings is 5. The van der Waals surface area contributed by atoms with Crippen LogP contribution < -0.4 is 10.6 Å². The lowest BCUT2D eigenvalue weighted by Gasteiger charge is -2.17. The fourth-order valence-electron chi connectivity index (χ4n) is 5.47. The normalized spacial score (nSPS) is 11.5. The summed E-state index contributed by atoms with van der Waals surface area (Å²) in [6.45, 7) is 2.43. The molecule has 0 aliphatic carbocycles. The molecule has 0 spiro atoms. The van der Waals surface area contributed by atoms with Crippen molar-refractivity contribution in [2.75, 3.05) is 5.32 Å². The van der Waals surface area contributed by atoms with Gasteiger partial charge in [-0.1, -0.05) is 72.8 Å². The molecule has 1 aromatic heterocycles. The van der Waals surface area contributed by atoms with Crippen LogP contribution in [0.3, 0.4) is 0 Å². The molecule has 6 aromatic rings. The zero-order valence-electron chi connectivity index (χ0n) is 24.6. The summed E-state index contributed by atoms with van der Waals surface area (Å²) in [6.07, 6.45) is 1.98. The standard InChI is InChI=1S/C38H30N4O3/c1-25(28-14-16-31(17-15-28)38(44)45)40-37(43)34-18-19-35(41-32-9-5-6-27(22-32)23-39)33-20-21-42(36(33)34)24-26-10-12-30(13-11-26)29-7-3-2-4-8-29/h2-22,25,41H,24H2,1H3,(H,40,43)(H,44,45)/t25-/m0/s1. The van der Waals surface area contributed by atoms with Crippen molar-refractivity contribution in [3.63, 3.8) is 0 Å². The maximum absolute atomic E-state index is 13.8. The quantitative estimate of drug-likeness (QED) is 0.157. The number of carboxylic acid groups (broad SMARTS) is 1. The van der Waals surface area contributed by atoms with Crippen molar-refractivity contribution in [1.29, 1.82) is 5.26 Å². The molecule has 6 rings (SSSR count). The van der Waals surface area contributed by atoms with Gasteiger partial charge in [0.2, 0.25) is 0 Å². The van der Waals surface area contributed by atoms with Crippen molar-refractivity contribution < 1.29 is 14.7 Å². The molecule has 3 N–H and O–H groups in total. The molecule has 0 bridgehead atoms. The van der Waals surface area contributed by atoms with Gasteiger partial charge in [0.05, 0.1) is 34.3 Å². The van der Waals surface area contributed by atoms with Crippen LogP contribution in [0, 0.1) is 11.3 Å². The van der Waals surface area contributed by atoms with E-state index in [1.165, 1.54) is 12.1 Å². The Labute approximate surface area is 261 Å². The summed E-state index contributed by atoms with van der Waals surface area (Å²) in [5.41, 5.74) is 7.79. The number of carbonyl (C=O) groups excluding carboxylic acids is 1. The van der Waals surface area contributed by atoms with E-state index in [1.54, 1.807) is 24.3 Å². The fourth-order valence-corrected chi connectivity index (χ4v) is 5.47. The monoisotopic (exact) mass is 590 g/mol. The minimum absolute atomic E-state index is 0.192. The number of nitriles is 1. The van der Waals surface area contributed by atoms with Crippen molar-refractivity contribution in [2.45, 2.75) is 19.5 Å². The molecule has 0 fully saturated rings. The molecule has 1 atom stereocenters. The van der Waals surface area contributed by atoms with Gasteiger partial charge in [-0.25, -0.2) is 4.79 Å². The molecular formula is C38H30N4O3. The Balaban J connectivity index is 1.34.